The summed E-state index contributed by atoms with van der Waals surface area (Å²) in [4.78, 5) is 0. The van der Waals surface area contributed by atoms with Crippen molar-refractivity contribution in [2.75, 3.05) is 19.8 Å². The van der Waals surface area contributed by atoms with Crippen molar-refractivity contribution in [2.45, 2.75) is 126 Å². The van der Waals surface area contributed by atoms with Gasteiger partial charge >= 0.3 is 0 Å². The quantitative estimate of drug-likeness (QED) is 0.104. The highest BCUT2D eigenvalue weighted by atomic mass is 16.7. The van der Waals surface area contributed by atoms with Crippen LogP contribution in [0.15, 0.2) is 0 Å². The van der Waals surface area contributed by atoms with Crippen LogP contribution in [0.25, 0.3) is 0 Å². The van der Waals surface area contributed by atoms with Gasteiger partial charge in [0.15, 0.2) is 12.6 Å². The third-order valence-corrected chi connectivity index (χ3v) is 6.56. The van der Waals surface area contributed by atoms with Gasteiger partial charge in [-0.3, -0.25) is 0 Å². The maximum Gasteiger partial charge on any atom is 0.187 e. The minimum absolute atomic E-state index is 0.313. The molecule has 0 saturated carbocycles. The summed E-state index contributed by atoms with van der Waals surface area (Å²) in [5.74, 6) is 0. The maximum atomic E-state index is 10.6. The van der Waals surface area contributed by atoms with Gasteiger partial charge in [0.1, 0.15) is 48.8 Å². The molecule has 208 valence electrons. The number of hydrogen-bond donors (Lipinski definition) is 7. The third kappa shape index (κ3) is 9.11. The Hall–Kier alpha value is -0.440. The Morgan fingerprint density at radius 3 is 1.94 bits per heavy atom. The molecule has 0 aromatic rings. The molecule has 35 heavy (non-hydrogen) atoms. The van der Waals surface area contributed by atoms with Gasteiger partial charge in [-0.2, -0.15) is 12.8 Å². The molecule has 0 bridgehead atoms. The second-order valence-corrected chi connectivity index (χ2v) is 9.36. The van der Waals surface area contributed by atoms with Crippen molar-refractivity contribution in [2.24, 2.45) is 0 Å². The summed E-state index contributed by atoms with van der Waals surface area (Å²) in [6, 6.07) is 0. The fourth-order valence-corrected chi connectivity index (χ4v) is 4.31. The molecule has 2 heterocycles. The lowest BCUT2D eigenvalue weighted by Crippen LogP contribution is -2.64. The highest BCUT2D eigenvalue weighted by molar-refractivity contribution is 4.94. The van der Waals surface area contributed by atoms with Crippen molar-refractivity contribution in [3.63, 3.8) is 0 Å². The smallest absolute Gasteiger partial charge is 0.187 e. The van der Waals surface area contributed by atoms with Gasteiger partial charge in [0.05, 0.1) is 13.2 Å². The average molecular weight is 510 g/mol. The van der Waals surface area contributed by atoms with Gasteiger partial charge in [-0.15, -0.1) is 0 Å². The molecule has 7 N–H and O–H groups in total. The van der Waals surface area contributed by atoms with Crippen LogP contribution in [0.3, 0.4) is 0 Å². The molecule has 0 aromatic heterocycles. The average Bonchev–Trinajstić information content (AvgIpc) is 2.86. The standard InChI is InChI=1S/C24H45O11/c1-2-3-4-5-6-7-8-9-10-11-12-32-23-21(31)19(29)22(16(14-26)34-23)35-24-20(30)18(28)17(27)15(13-25)33-24/h5,15-31H,2-4,6-14H2,1H3/q-1/t15-,16-,17-,18+,19-,20-,21-,22-,23-,24-/m1/s1. The first-order valence-electron chi connectivity index (χ1n) is 12.9. The van der Waals surface area contributed by atoms with Gasteiger partial charge in [0.25, 0.3) is 0 Å². The minimum atomic E-state index is -1.69. The topological polar surface area (TPSA) is 179 Å². The van der Waals surface area contributed by atoms with Crippen molar-refractivity contribution >= 4 is 0 Å². The molecule has 2 aliphatic rings. The first-order chi connectivity index (χ1) is 16.8. The van der Waals surface area contributed by atoms with Crippen LogP contribution in [-0.2, 0) is 18.9 Å². The molecule has 11 nitrogen and oxygen atoms in total. The largest absolute Gasteiger partial charge is 0.394 e. The van der Waals surface area contributed by atoms with Crippen molar-refractivity contribution < 1.29 is 54.7 Å². The van der Waals surface area contributed by atoms with E-state index < -0.39 is 74.6 Å². The Balaban J connectivity index is 1.74. The number of ether oxygens (including phenoxy) is 4. The van der Waals surface area contributed by atoms with E-state index in [0.29, 0.717) is 6.61 Å². The van der Waals surface area contributed by atoms with Gasteiger partial charge < -0.3 is 61.1 Å². The van der Waals surface area contributed by atoms with E-state index in [-0.39, 0.29) is 0 Å². The van der Waals surface area contributed by atoms with Crippen LogP contribution in [0.4, 0.5) is 0 Å². The lowest BCUT2D eigenvalue weighted by Gasteiger charge is -2.45. The van der Waals surface area contributed by atoms with E-state index in [1.165, 1.54) is 25.7 Å². The second-order valence-electron chi connectivity index (χ2n) is 9.36. The molecule has 2 rings (SSSR count). The van der Waals surface area contributed by atoms with Gasteiger partial charge in [-0.1, -0.05) is 45.4 Å². The molecular weight excluding hydrogens is 464 g/mol. The summed E-state index contributed by atoms with van der Waals surface area (Å²) < 4.78 is 22.0. The number of aliphatic hydroxyl groups excluding tert-OH is 7. The molecule has 2 aliphatic heterocycles. The van der Waals surface area contributed by atoms with E-state index >= 15 is 0 Å². The molecule has 0 unspecified atom stereocenters. The van der Waals surface area contributed by atoms with Gasteiger partial charge in [-0.25, -0.2) is 0 Å². The highest BCUT2D eigenvalue weighted by Crippen LogP contribution is 2.29. The van der Waals surface area contributed by atoms with E-state index in [0.717, 1.165) is 32.1 Å². The van der Waals surface area contributed by atoms with Crippen LogP contribution in [0.5, 0.6) is 0 Å². The molecule has 0 spiro atoms. The summed E-state index contributed by atoms with van der Waals surface area (Å²) in [7, 11) is 0. The summed E-state index contributed by atoms with van der Waals surface area (Å²) in [6.45, 7) is 1.27. The normalized spacial score (nSPS) is 38.1. The van der Waals surface area contributed by atoms with Crippen LogP contribution in [0.2, 0.25) is 0 Å². The Morgan fingerprint density at radius 2 is 1.26 bits per heavy atom. The molecule has 2 fully saturated rings. The fourth-order valence-electron chi connectivity index (χ4n) is 4.31. The maximum absolute atomic E-state index is 10.6. The second kappa shape index (κ2) is 16.4. The highest BCUT2D eigenvalue weighted by Gasteiger charge is 2.50. The zero-order valence-electron chi connectivity index (χ0n) is 20.6. The van der Waals surface area contributed by atoms with Crippen LogP contribution >= 0.6 is 0 Å². The third-order valence-electron chi connectivity index (χ3n) is 6.56. The van der Waals surface area contributed by atoms with Gasteiger partial charge in [0, 0.05) is 6.61 Å². The van der Waals surface area contributed by atoms with E-state index in [4.69, 9.17) is 18.9 Å². The van der Waals surface area contributed by atoms with Gasteiger partial charge in [-0.05, 0) is 6.42 Å². The van der Waals surface area contributed by atoms with Crippen molar-refractivity contribution in [3.05, 3.63) is 6.42 Å². The predicted octanol–water partition coefficient (Wildman–Crippen LogP) is -0.638. The Labute approximate surface area is 207 Å². The van der Waals surface area contributed by atoms with Crippen molar-refractivity contribution in [1.82, 2.24) is 0 Å². The summed E-state index contributed by atoms with van der Waals surface area (Å²) in [5, 5.41) is 70.1. The van der Waals surface area contributed by atoms with Crippen molar-refractivity contribution in [3.8, 4) is 0 Å². The summed E-state index contributed by atoms with van der Waals surface area (Å²) >= 11 is 0. The van der Waals surface area contributed by atoms with Crippen LogP contribution in [0.1, 0.15) is 64.7 Å². The Kier molecular flexibility index (Phi) is 14.4. The van der Waals surface area contributed by atoms with Crippen LogP contribution in [-0.4, -0.2) is 117 Å². The number of aliphatic hydroxyl groups is 7. The number of hydrogen-bond acceptors (Lipinski definition) is 11. The zero-order valence-corrected chi connectivity index (χ0v) is 20.6. The Bertz CT molecular complexity index is 550. The zero-order chi connectivity index (χ0) is 25.8. The summed E-state index contributed by atoms with van der Waals surface area (Å²) in [5.41, 5.74) is 0. The molecule has 0 aliphatic carbocycles. The first kappa shape index (κ1) is 30.8. The molecule has 0 radical (unpaired) electrons. The Morgan fingerprint density at radius 1 is 0.657 bits per heavy atom. The van der Waals surface area contributed by atoms with Crippen molar-refractivity contribution in [1.29, 1.82) is 0 Å². The lowest BCUT2D eigenvalue weighted by atomic mass is 9.97. The molecule has 0 aromatic carbocycles. The summed E-state index contributed by atoms with van der Waals surface area (Å²) in [6.07, 6.45) is -2.06. The molecule has 0 amide bonds. The molecule has 11 heteroatoms. The van der Waals surface area contributed by atoms with Crippen LogP contribution in [0, 0.1) is 6.42 Å². The predicted molar refractivity (Wildman–Crippen MR) is 124 cm³/mol. The molecular formula is C24H45O11-. The van der Waals surface area contributed by atoms with E-state index in [9.17, 15) is 35.7 Å². The number of unbranched alkanes of at least 4 members (excludes halogenated alkanes) is 9. The van der Waals surface area contributed by atoms with Crippen LogP contribution < -0.4 is 0 Å². The lowest BCUT2D eigenvalue weighted by molar-refractivity contribution is -0.359. The fraction of sp³-hybridized carbons (Fsp3) is 0.958. The van der Waals surface area contributed by atoms with Gasteiger partial charge in [0.2, 0.25) is 0 Å². The van der Waals surface area contributed by atoms with E-state index in [1.807, 2.05) is 0 Å². The van der Waals surface area contributed by atoms with E-state index in [2.05, 4.69) is 13.3 Å². The first-order valence-corrected chi connectivity index (χ1v) is 12.9. The molecule has 10 atom stereocenters. The molecule has 2 saturated heterocycles. The SMILES string of the molecule is CCCC[CH-]CCCCCCCO[C@@H]1O[C@H](CO)[C@@H](O[C@H]2O[C@H](CO)[C@@H](O)[C@H](O)[C@H]2O)[C@H](O)[C@H]1O. The number of rotatable bonds is 16. The minimum Gasteiger partial charge on any atom is -0.394 e. The van der Waals surface area contributed by atoms with E-state index in [1.54, 1.807) is 0 Å². The monoisotopic (exact) mass is 509 g/mol.